The minimum absolute atomic E-state index is 0.191. The van der Waals surface area contributed by atoms with E-state index in [1.54, 1.807) is 0 Å². The molecule has 0 unspecified atom stereocenters. The molecule has 6 nitrogen and oxygen atoms in total. The van der Waals surface area contributed by atoms with Crippen molar-refractivity contribution in [1.29, 1.82) is 0 Å². The van der Waals surface area contributed by atoms with E-state index < -0.39 is 0 Å². The van der Waals surface area contributed by atoms with Crippen LogP contribution in [-0.4, -0.2) is 20.4 Å². The predicted octanol–water partition coefficient (Wildman–Crippen LogP) is 0.982. The second-order valence-corrected chi connectivity index (χ2v) is 3.61. The van der Waals surface area contributed by atoms with Crippen LogP contribution in [0.4, 0.5) is 5.95 Å². The van der Waals surface area contributed by atoms with Gasteiger partial charge in [0.05, 0.1) is 0 Å². The first kappa shape index (κ1) is 9.94. The van der Waals surface area contributed by atoms with Crippen molar-refractivity contribution in [3.8, 4) is 11.4 Å². The fourth-order valence-electron chi connectivity index (χ4n) is 1.00. The summed E-state index contributed by atoms with van der Waals surface area (Å²) in [5, 5.41) is 15.2. The number of anilines is 1. The van der Waals surface area contributed by atoms with Gasteiger partial charge in [-0.15, -0.1) is 20.4 Å². The first-order valence-electron chi connectivity index (χ1n) is 4.09. The van der Waals surface area contributed by atoms with Crippen molar-refractivity contribution < 1.29 is 0 Å². The van der Waals surface area contributed by atoms with Crippen LogP contribution < -0.4 is 11.3 Å². The Morgan fingerprint density at radius 2 is 1.60 bits per heavy atom. The number of rotatable bonds is 2. The summed E-state index contributed by atoms with van der Waals surface area (Å²) in [5.41, 5.74) is 3.11. The van der Waals surface area contributed by atoms with E-state index in [1.165, 1.54) is 0 Å². The van der Waals surface area contributed by atoms with Crippen LogP contribution in [-0.2, 0) is 0 Å². The molecule has 0 fully saturated rings. The van der Waals surface area contributed by atoms with E-state index >= 15 is 0 Å². The number of benzene rings is 1. The highest BCUT2D eigenvalue weighted by atomic mass is 79.9. The van der Waals surface area contributed by atoms with E-state index in [0.29, 0.717) is 5.82 Å². The summed E-state index contributed by atoms with van der Waals surface area (Å²) in [5.74, 6) is 5.75. The minimum Gasteiger partial charge on any atom is -0.290 e. The number of hydrogen-bond acceptors (Lipinski definition) is 6. The molecule has 0 bridgehead atoms. The molecule has 76 valence electrons. The van der Waals surface area contributed by atoms with Crippen LogP contribution in [0.1, 0.15) is 0 Å². The molecular weight excluding hydrogens is 260 g/mol. The molecule has 1 heterocycles. The third kappa shape index (κ3) is 2.25. The largest absolute Gasteiger partial charge is 0.290 e. The van der Waals surface area contributed by atoms with E-state index in [0.717, 1.165) is 10.0 Å². The van der Waals surface area contributed by atoms with Gasteiger partial charge in [0.15, 0.2) is 0 Å². The Morgan fingerprint density at radius 3 is 2.13 bits per heavy atom. The maximum atomic E-state index is 5.10. The molecule has 0 atom stereocenters. The maximum absolute atomic E-state index is 5.10. The monoisotopic (exact) mass is 266 g/mol. The van der Waals surface area contributed by atoms with Gasteiger partial charge in [0.25, 0.3) is 5.95 Å². The second-order valence-electron chi connectivity index (χ2n) is 2.70. The Kier molecular flexibility index (Phi) is 2.84. The molecule has 15 heavy (non-hydrogen) atoms. The van der Waals surface area contributed by atoms with Gasteiger partial charge in [0, 0.05) is 10.0 Å². The van der Waals surface area contributed by atoms with Crippen LogP contribution in [0.2, 0.25) is 0 Å². The number of aromatic nitrogens is 4. The Hall–Kier alpha value is -1.60. The molecule has 0 saturated heterocycles. The summed E-state index contributed by atoms with van der Waals surface area (Å²) in [6, 6.07) is 7.54. The number of nitrogens with two attached hydrogens (primary N) is 1. The second kappa shape index (κ2) is 4.28. The lowest BCUT2D eigenvalue weighted by atomic mass is 10.2. The number of hydrazine groups is 1. The van der Waals surface area contributed by atoms with Crippen molar-refractivity contribution in [3.05, 3.63) is 28.7 Å². The van der Waals surface area contributed by atoms with E-state index in [9.17, 15) is 0 Å². The fraction of sp³-hybridized carbons (Fsp3) is 0. The summed E-state index contributed by atoms with van der Waals surface area (Å²) in [6.07, 6.45) is 0. The molecule has 2 aromatic rings. The molecule has 0 aliphatic carbocycles. The minimum atomic E-state index is 0.191. The van der Waals surface area contributed by atoms with Crippen molar-refractivity contribution in [2.75, 3.05) is 5.43 Å². The van der Waals surface area contributed by atoms with Gasteiger partial charge in [0.1, 0.15) is 0 Å². The van der Waals surface area contributed by atoms with Crippen molar-refractivity contribution in [3.63, 3.8) is 0 Å². The number of hydrogen-bond donors (Lipinski definition) is 2. The van der Waals surface area contributed by atoms with Crippen molar-refractivity contribution >= 4 is 21.9 Å². The molecule has 2 rings (SSSR count). The average molecular weight is 267 g/mol. The molecule has 1 aromatic heterocycles. The molecule has 0 radical (unpaired) electrons. The predicted molar refractivity (Wildman–Crippen MR) is 58.6 cm³/mol. The van der Waals surface area contributed by atoms with Crippen LogP contribution >= 0.6 is 15.9 Å². The van der Waals surface area contributed by atoms with Crippen molar-refractivity contribution in [2.45, 2.75) is 0 Å². The van der Waals surface area contributed by atoms with Crippen LogP contribution in [0.25, 0.3) is 11.4 Å². The maximum Gasteiger partial charge on any atom is 0.276 e. The van der Waals surface area contributed by atoms with E-state index in [1.807, 2.05) is 24.3 Å². The Balaban J connectivity index is 2.33. The highest BCUT2D eigenvalue weighted by Gasteiger charge is 2.02. The zero-order chi connectivity index (χ0) is 10.7. The standard InChI is InChI=1S/C8H7BrN6/c9-6-3-1-5(2-4-6)7-12-14-8(11-10)15-13-7/h1-4H,10H2,(H,11,14,15). The smallest absolute Gasteiger partial charge is 0.276 e. The summed E-state index contributed by atoms with van der Waals surface area (Å²) < 4.78 is 0.993. The number of nitrogen functional groups attached to an aromatic ring is 1. The fourth-order valence-corrected chi connectivity index (χ4v) is 1.27. The first-order chi connectivity index (χ1) is 7.29. The highest BCUT2D eigenvalue weighted by molar-refractivity contribution is 9.10. The van der Waals surface area contributed by atoms with Gasteiger partial charge in [-0.05, 0) is 24.3 Å². The van der Waals surface area contributed by atoms with Gasteiger partial charge < -0.3 is 0 Å². The van der Waals surface area contributed by atoms with Crippen LogP contribution in [0.5, 0.6) is 0 Å². The normalized spacial score (nSPS) is 10.0. The van der Waals surface area contributed by atoms with Gasteiger partial charge in [-0.25, -0.2) is 5.84 Å². The molecule has 0 saturated carbocycles. The van der Waals surface area contributed by atoms with Crippen LogP contribution in [0.15, 0.2) is 28.7 Å². The molecule has 7 heteroatoms. The molecular formula is C8H7BrN6. The van der Waals surface area contributed by atoms with Gasteiger partial charge >= 0.3 is 0 Å². The van der Waals surface area contributed by atoms with Gasteiger partial charge in [0.2, 0.25) is 5.82 Å². The Labute approximate surface area is 94.0 Å². The van der Waals surface area contributed by atoms with Gasteiger partial charge in [-0.3, -0.25) is 5.43 Å². The average Bonchev–Trinajstić information content (AvgIpc) is 2.30. The molecule has 0 spiro atoms. The molecule has 1 aromatic carbocycles. The van der Waals surface area contributed by atoms with E-state index in [4.69, 9.17) is 5.84 Å². The third-order valence-electron chi connectivity index (χ3n) is 1.71. The van der Waals surface area contributed by atoms with E-state index in [-0.39, 0.29) is 5.95 Å². The van der Waals surface area contributed by atoms with Crippen molar-refractivity contribution in [1.82, 2.24) is 20.4 Å². The zero-order valence-corrected chi connectivity index (χ0v) is 9.14. The Bertz CT molecular complexity index is 440. The first-order valence-corrected chi connectivity index (χ1v) is 4.89. The lowest BCUT2D eigenvalue weighted by molar-refractivity contribution is 0.866. The quantitative estimate of drug-likeness (QED) is 0.622. The highest BCUT2D eigenvalue weighted by Crippen LogP contribution is 2.17. The summed E-state index contributed by atoms with van der Waals surface area (Å²) in [6.45, 7) is 0. The molecule has 0 aliphatic heterocycles. The third-order valence-corrected chi connectivity index (χ3v) is 2.24. The van der Waals surface area contributed by atoms with E-state index in [2.05, 4.69) is 41.8 Å². The van der Waals surface area contributed by atoms with Gasteiger partial charge in [-0.1, -0.05) is 15.9 Å². The summed E-state index contributed by atoms with van der Waals surface area (Å²) in [4.78, 5) is 0. The summed E-state index contributed by atoms with van der Waals surface area (Å²) >= 11 is 3.34. The SMILES string of the molecule is NNc1nnc(-c2ccc(Br)cc2)nn1. The Morgan fingerprint density at radius 1 is 1.00 bits per heavy atom. The van der Waals surface area contributed by atoms with Crippen LogP contribution in [0, 0.1) is 0 Å². The van der Waals surface area contributed by atoms with Crippen LogP contribution in [0.3, 0.4) is 0 Å². The number of nitrogens with one attached hydrogen (secondary N) is 1. The molecule has 0 aliphatic rings. The summed E-state index contributed by atoms with van der Waals surface area (Å²) in [7, 11) is 0. The number of nitrogens with zero attached hydrogens (tertiary/aromatic N) is 4. The topological polar surface area (TPSA) is 89.6 Å². The zero-order valence-electron chi connectivity index (χ0n) is 7.55. The van der Waals surface area contributed by atoms with Crippen molar-refractivity contribution in [2.24, 2.45) is 5.84 Å². The lowest BCUT2D eigenvalue weighted by Crippen LogP contribution is -2.12. The number of halogens is 1. The lowest BCUT2D eigenvalue weighted by Gasteiger charge is -1.99. The van der Waals surface area contributed by atoms with Gasteiger partial charge in [-0.2, -0.15) is 0 Å². The molecule has 3 N–H and O–H groups in total. The molecule has 0 amide bonds.